The van der Waals surface area contributed by atoms with E-state index in [-0.39, 0.29) is 19.0 Å². The minimum absolute atomic E-state index is 0. The van der Waals surface area contributed by atoms with Crippen molar-refractivity contribution in [1.82, 2.24) is 9.55 Å². The van der Waals surface area contributed by atoms with Crippen molar-refractivity contribution in [2.45, 2.75) is 37.8 Å². The minimum Gasteiger partial charge on any atom is -0.489 e. The maximum absolute atomic E-state index is 10.5. The topological polar surface area (TPSA) is 47.3 Å². The quantitative estimate of drug-likeness (QED) is 0.567. The number of hydrogen-bond donors (Lipinski definition) is 1. The highest BCUT2D eigenvalue weighted by molar-refractivity contribution is 6.35. The smallest absolute Gasteiger partial charge is 0.138 e. The molecule has 0 amide bonds. The van der Waals surface area contributed by atoms with Gasteiger partial charge in [-0.1, -0.05) is 41.8 Å². The third-order valence-electron chi connectivity index (χ3n) is 4.87. The second kappa shape index (κ2) is 8.70. The van der Waals surface area contributed by atoms with Crippen molar-refractivity contribution < 1.29 is 9.84 Å². The zero-order valence-electron chi connectivity index (χ0n) is 14.6. The average Bonchev–Trinajstić information content (AvgIpc) is 2.91. The van der Waals surface area contributed by atoms with Gasteiger partial charge in [0.25, 0.3) is 0 Å². The van der Waals surface area contributed by atoms with Gasteiger partial charge >= 0.3 is 0 Å². The maximum atomic E-state index is 10.5. The van der Waals surface area contributed by atoms with Crippen molar-refractivity contribution in [3.05, 3.63) is 58.3 Å². The van der Waals surface area contributed by atoms with Gasteiger partial charge in [0.05, 0.1) is 22.6 Å². The second-order valence-corrected chi connectivity index (χ2v) is 7.58. The summed E-state index contributed by atoms with van der Waals surface area (Å²) in [4.78, 5) is 4.81. The summed E-state index contributed by atoms with van der Waals surface area (Å²) in [6.45, 7) is 0.593. The van der Waals surface area contributed by atoms with Gasteiger partial charge < -0.3 is 14.4 Å². The molecule has 0 spiro atoms. The number of rotatable bonds is 6. The zero-order chi connectivity index (χ0) is 18.1. The minimum atomic E-state index is -0.668. The molecular formula is C20H21Cl3N2O2. The number of fused-ring (bicyclic) bond motifs is 1. The largest absolute Gasteiger partial charge is 0.489 e. The number of aromatic nitrogens is 2. The normalized spacial score (nSPS) is 15.2. The highest BCUT2D eigenvalue weighted by Gasteiger charge is 2.26. The molecular weight excluding hydrogens is 407 g/mol. The standard InChI is InChI=1S/C20H20Cl2N2O2.ClH/c21-14-8-9-19(16(22)10-14)26-12-15(25)11-24-18-7-2-1-6-17(18)23-20(24)13-4-3-5-13;/h1-2,6-10,13,15,25H,3-5,11-12H2;1H. The van der Waals surface area contributed by atoms with Crippen molar-refractivity contribution >= 4 is 46.6 Å². The molecule has 1 aliphatic rings. The van der Waals surface area contributed by atoms with Crippen LogP contribution in [0.1, 0.15) is 31.0 Å². The number of halogens is 3. The lowest BCUT2D eigenvalue weighted by Gasteiger charge is -2.26. The first-order chi connectivity index (χ1) is 12.6. The van der Waals surface area contributed by atoms with Gasteiger partial charge in [-0.2, -0.15) is 0 Å². The Morgan fingerprint density at radius 1 is 1.19 bits per heavy atom. The third-order valence-corrected chi connectivity index (χ3v) is 5.40. The number of imidazole rings is 1. The van der Waals surface area contributed by atoms with E-state index < -0.39 is 6.10 Å². The highest BCUT2D eigenvalue weighted by atomic mass is 35.5. The molecule has 1 heterocycles. The van der Waals surface area contributed by atoms with Crippen LogP contribution in [0.15, 0.2) is 42.5 Å². The molecule has 1 N–H and O–H groups in total. The zero-order valence-corrected chi connectivity index (χ0v) is 17.0. The molecule has 7 heteroatoms. The molecule has 1 saturated carbocycles. The first-order valence-electron chi connectivity index (χ1n) is 8.83. The summed E-state index contributed by atoms with van der Waals surface area (Å²) < 4.78 is 7.82. The Hall–Kier alpha value is -1.46. The van der Waals surface area contributed by atoms with Crippen LogP contribution in [0.3, 0.4) is 0 Å². The Morgan fingerprint density at radius 2 is 1.96 bits per heavy atom. The van der Waals surface area contributed by atoms with Crippen LogP contribution in [0, 0.1) is 0 Å². The summed E-state index contributed by atoms with van der Waals surface area (Å²) in [5.41, 5.74) is 2.03. The van der Waals surface area contributed by atoms with Gasteiger partial charge in [-0.05, 0) is 43.2 Å². The van der Waals surface area contributed by atoms with Crippen LogP contribution in [0.4, 0.5) is 0 Å². The fourth-order valence-corrected chi connectivity index (χ4v) is 3.77. The molecule has 1 unspecified atom stereocenters. The van der Waals surface area contributed by atoms with Crippen LogP contribution in [0.2, 0.25) is 10.0 Å². The number of aliphatic hydroxyl groups is 1. The Kier molecular flexibility index (Phi) is 6.53. The van der Waals surface area contributed by atoms with Crippen LogP contribution >= 0.6 is 35.6 Å². The van der Waals surface area contributed by atoms with E-state index in [1.807, 2.05) is 24.3 Å². The Labute approximate surface area is 174 Å². The lowest BCUT2D eigenvalue weighted by Crippen LogP contribution is -2.26. The van der Waals surface area contributed by atoms with Gasteiger partial charge in [0.1, 0.15) is 24.3 Å². The average molecular weight is 428 g/mol. The van der Waals surface area contributed by atoms with E-state index in [9.17, 15) is 5.11 Å². The number of ether oxygens (including phenoxy) is 1. The van der Waals surface area contributed by atoms with Gasteiger partial charge in [0.2, 0.25) is 0 Å². The molecule has 144 valence electrons. The van der Waals surface area contributed by atoms with Gasteiger partial charge in [-0.3, -0.25) is 0 Å². The molecule has 1 aliphatic carbocycles. The van der Waals surface area contributed by atoms with Crippen molar-refractivity contribution in [2.24, 2.45) is 0 Å². The van der Waals surface area contributed by atoms with Crippen LogP contribution in [0.5, 0.6) is 5.75 Å². The van der Waals surface area contributed by atoms with E-state index in [1.54, 1.807) is 18.2 Å². The maximum Gasteiger partial charge on any atom is 0.138 e. The lowest BCUT2D eigenvalue weighted by molar-refractivity contribution is 0.0920. The molecule has 27 heavy (non-hydrogen) atoms. The van der Waals surface area contributed by atoms with E-state index in [0.29, 0.717) is 28.3 Å². The van der Waals surface area contributed by atoms with Crippen molar-refractivity contribution in [1.29, 1.82) is 0 Å². The number of benzene rings is 2. The molecule has 1 fully saturated rings. The first-order valence-corrected chi connectivity index (χ1v) is 9.58. The van der Waals surface area contributed by atoms with Crippen LogP contribution < -0.4 is 4.74 Å². The Balaban J connectivity index is 0.00000210. The molecule has 0 saturated heterocycles. The van der Waals surface area contributed by atoms with Crippen LogP contribution in [-0.4, -0.2) is 27.4 Å². The molecule has 4 nitrogen and oxygen atoms in total. The number of hydrogen-bond acceptors (Lipinski definition) is 3. The summed E-state index contributed by atoms with van der Waals surface area (Å²) in [7, 11) is 0. The number of nitrogens with zero attached hydrogens (tertiary/aromatic N) is 2. The molecule has 4 rings (SSSR count). The molecule has 1 aromatic heterocycles. The van der Waals surface area contributed by atoms with E-state index in [4.69, 9.17) is 32.9 Å². The number of aliphatic hydroxyl groups excluding tert-OH is 1. The molecule has 0 bridgehead atoms. The van der Waals surface area contributed by atoms with Gasteiger partial charge in [0.15, 0.2) is 0 Å². The third kappa shape index (κ3) is 4.35. The summed E-state index contributed by atoms with van der Waals surface area (Å²) in [5.74, 6) is 2.08. The van der Waals surface area contributed by atoms with Gasteiger partial charge in [-0.25, -0.2) is 4.98 Å². The van der Waals surface area contributed by atoms with Crippen molar-refractivity contribution in [3.8, 4) is 5.75 Å². The predicted molar refractivity (Wildman–Crippen MR) is 112 cm³/mol. The number of para-hydroxylation sites is 2. The molecule has 0 radical (unpaired) electrons. The summed E-state index contributed by atoms with van der Waals surface area (Å²) >= 11 is 12.0. The molecule has 1 atom stereocenters. The van der Waals surface area contributed by atoms with E-state index >= 15 is 0 Å². The summed E-state index contributed by atoms with van der Waals surface area (Å²) in [5, 5.41) is 11.5. The fourth-order valence-electron chi connectivity index (χ4n) is 3.31. The van der Waals surface area contributed by atoms with E-state index in [0.717, 1.165) is 29.7 Å². The molecule has 3 aromatic rings. The van der Waals surface area contributed by atoms with Crippen LogP contribution in [-0.2, 0) is 6.54 Å². The van der Waals surface area contributed by atoms with Crippen molar-refractivity contribution in [3.63, 3.8) is 0 Å². The van der Waals surface area contributed by atoms with Crippen LogP contribution in [0.25, 0.3) is 11.0 Å². The monoisotopic (exact) mass is 426 g/mol. The fraction of sp³-hybridized carbons (Fsp3) is 0.350. The van der Waals surface area contributed by atoms with Gasteiger partial charge in [-0.15, -0.1) is 12.4 Å². The second-order valence-electron chi connectivity index (χ2n) is 6.74. The lowest BCUT2D eigenvalue weighted by atomic mass is 9.85. The van der Waals surface area contributed by atoms with Crippen molar-refractivity contribution in [2.75, 3.05) is 6.61 Å². The summed E-state index contributed by atoms with van der Waals surface area (Å²) in [6, 6.07) is 13.1. The molecule has 2 aromatic carbocycles. The Bertz CT molecular complexity index is 925. The Morgan fingerprint density at radius 3 is 2.67 bits per heavy atom. The first kappa shape index (κ1) is 20.3. The van der Waals surface area contributed by atoms with E-state index in [1.165, 1.54) is 6.42 Å². The summed E-state index contributed by atoms with van der Waals surface area (Å²) in [6.07, 6.45) is 2.90. The van der Waals surface area contributed by atoms with Gasteiger partial charge in [0, 0.05) is 10.9 Å². The highest BCUT2D eigenvalue weighted by Crippen LogP contribution is 2.37. The molecule has 0 aliphatic heterocycles. The van der Waals surface area contributed by atoms with E-state index in [2.05, 4.69) is 4.57 Å². The SMILES string of the molecule is Cl.OC(COc1ccc(Cl)cc1Cl)Cn1c(C2CCC2)nc2ccccc21. The predicted octanol–water partition coefficient (Wildman–Crippen LogP) is 5.47.